The molecule has 0 aromatic heterocycles. The van der Waals surface area contributed by atoms with Crippen molar-refractivity contribution < 1.29 is 14.4 Å². The summed E-state index contributed by atoms with van der Waals surface area (Å²) in [4.78, 5) is 38.7. The lowest BCUT2D eigenvalue weighted by Gasteiger charge is -2.14. The number of hydrogen-bond donors (Lipinski definition) is 1. The van der Waals surface area contributed by atoms with E-state index in [0.29, 0.717) is 10.5 Å². The summed E-state index contributed by atoms with van der Waals surface area (Å²) < 4.78 is 0. The summed E-state index contributed by atoms with van der Waals surface area (Å²) in [6.45, 7) is 6.20. The van der Waals surface area contributed by atoms with E-state index < -0.39 is 0 Å². The van der Waals surface area contributed by atoms with E-state index in [-0.39, 0.29) is 30.1 Å². The molecule has 1 saturated heterocycles. The molecule has 1 heterocycles. The zero-order valence-electron chi connectivity index (χ0n) is 16.1. The molecule has 0 atom stereocenters. The van der Waals surface area contributed by atoms with Crippen molar-refractivity contribution in [2.75, 3.05) is 13.1 Å². The van der Waals surface area contributed by atoms with Crippen molar-refractivity contribution in [3.63, 3.8) is 0 Å². The Morgan fingerprint density at radius 1 is 1.07 bits per heavy atom. The molecule has 1 aliphatic rings. The summed E-state index contributed by atoms with van der Waals surface area (Å²) in [7, 11) is 0. The van der Waals surface area contributed by atoms with Crippen LogP contribution in [0.2, 0.25) is 0 Å². The topological polar surface area (TPSA) is 66.5 Å². The molecule has 0 saturated carbocycles. The Balaban J connectivity index is 1.61. The van der Waals surface area contributed by atoms with E-state index >= 15 is 0 Å². The lowest BCUT2D eigenvalue weighted by Crippen LogP contribution is -2.37. The van der Waals surface area contributed by atoms with E-state index in [9.17, 15) is 14.4 Å². The third-order valence-corrected chi connectivity index (χ3v) is 5.63. The van der Waals surface area contributed by atoms with Crippen molar-refractivity contribution in [3.05, 3.63) is 75.2 Å². The molecule has 3 amide bonds. The third-order valence-electron chi connectivity index (χ3n) is 4.72. The molecule has 1 fully saturated rings. The predicted octanol–water partition coefficient (Wildman–Crippen LogP) is 4.08. The fourth-order valence-electron chi connectivity index (χ4n) is 2.88. The second-order valence-electron chi connectivity index (χ2n) is 6.75. The SMILES string of the molecule is Cc1ccc(/C=C2\SC(=O)N(CCNC(=O)c3cccc(C)c3C)C2=O)cc1. The largest absolute Gasteiger partial charge is 0.350 e. The number of imide groups is 1. The minimum Gasteiger partial charge on any atom is -0.350 e. The van der Waals surface area contributed by atoms with Crippen LogP contribution in [0, 0.1) is 20.8 Å². The number of carbonyl (C=O) groups excluding carboxylic acids is 3. The Morgan fingerprint density at radius 3 is 2.50 bits per heavy atom. The first-order valence-corrected chi connectivity index (χ1v) is 9.85. The molecule has 0 aliphatic carbocycles. The standard InChI is InChI=1S/C22H22N2O3S/c1-14-7-9-17(10-8-14)13-19-21(26)24(22(27)28-19)12-11-23-20(25)18-6-4-5-15(2)16(18)3/h4-10,13H,11-12H2,1-3H3,(H,23,25)/b19-13-. The molecule has 1 N–H and O–H groups in total. The first-order chi connectivity index (χ1) is 13.4. The van der Waals surface area contributed by atoms with Crippen LogP contribution in [-0.2, 0) is 4.79 Å². The van der Waals surface area contributed by atoms with Gasteiger partial charge in [0, 0.05) is 18.7 Å². The number of thioether (sulfide) groups is 1. The summed E-state index contributed by atoms with van der Waals surface area (Å²) in [6, 6.07) is 13.3. The highest BCUT2D eigenvalue weighted by molar-refractivity contribution is 8.18. The second-order valence-corrected chi connectivity index (χ2v) is 7.74. The van der Waals surface area contributed by atoms with Gasteiger partial charge >= 0.3 is 0 Å². The van der Waals surface area contributed by atoms with E-state index in [4.69, 9.17) is 0 Å². The van der Waals surface area contributed by atoms with Crippen LogP contribution in [-0.4, -0.2) is 35.0 Å². The van der Waals surface area contributed by atoms with Crippen LogP contribution in [0.25, 0.3) is 6.08 Å². The number of amides is 3. The molecule has 6 heteroatoms. The normalized spacial score (nSPS) is 15.4. The lowest BCUT2D eigenvalue weighted by atomic mass is 10.0. The summed E-state index contributed by atoms with van der Waals surface area (Å²) >= 11 is 0.926. The molecule has 2 aromatic rings. The highest BCUT2D eigenvalue weighted by Gasteiger charge is 2.34. The van der Waals surface area contributed by atoms with Crippen molar-refractivity contribution in [1.29, 1.82) is 0 Å². The van der Waals surface area contributed by atoms with Crippen LogP contribution in [0.15, 0.2) is 47.4 Å². The number of nitrogens with zero attached hydrogens (tertiary/aromatic N) is 1. The van der Waals surface area contributed by atoms with Crippen molar-refractivity contribution in [2.45, 2.75) is 20.8 Å². The molecule has 144 valence electrons. The highest BCUT2D eigenvalue weighted by Crippen LogP contribution is 2.31. The minimum atomic E-state index is -0.323. The number of benzene rings is 2. The quantitative estimate of drug-likeness (QED) is 0.776. The first kappa shape index (κ1) is 19.9. The zero-order chi connectivity index (χ0) is 20.3. The Hall–Kier alpha value is -2.86. The van der Waals surface area contributed by atoms with Gasteiger partial charge in [-0.25, -0.2) is 0 Å². The Morgan fingerprint density at radius 2 is 1.79 bits per heavy atom. The van der Waals surface area contributed by atoms with Crippen LogP contribution in [0.5, 0.6) is 0 Å². The van der Waals surface area contributed by atoms with Gasteiger partial charge in [-0.15, -0.1) is 0 Å². The predicted molar refractivity (Wildman–Crippen MR) is 112 cm³/mol. The summed E-state index contributed by atoms with van der Waals surface area (Å²) in [6.07, 6.45) is 1.72. The molecule has 2 aromatic carbocycles. The van der Waals surface area contributed by atoms with Crippen LogP contribution in [0.4, 0.5) is 4.79 Å². The summed E-state index contributed by atoms with van der Waals surface area (Å²) in [5, 5.41) is 2.48. The highest BCUT2D eigenvalue weighted by atomic mass is 32.2. The van der Waals surface area contributed by atoms with E-state index in [1.807, 2.05) is 57.2 Å². The number of nitrogens with one attached hydrogen (secondary N) is 1. The summed E-state index contributed by atoms with van der Waals surface area (Å²) in [5.74, 6) is -0.528. The van der Waals surface area contributed by atoms with Gasteiger partial charge in [-0.1, -0.05) is 42.0 Å². The van der Waals surface area contributed by atoms with Crippen molar-refractivity contribution >= 4 is 34.9 Å². The maximum absolute atomic E-state index is 12.5. The molecule has 0 radical (unpaired) electrons. The van der Waals surface area contributed by atoms with Crippen molar-refractivity contribution in [3.8, 4) is 0 Å². The smallest absolute Gasteiger partial charge is 0.293 e. The molecule has 5 nitrogen and oxygen atoms in total. The lowest BCUT2D eigenvalue weighted by molar-refractivity contribution is -0.122. The maximum atomic E-state index is 12.5. The average molecular weight is 394 g/mol. The van der Waals surface area contributed by atoms with Gasteiger partial charge in [-0.2, -0.15) is 0 Å². The number of aryl methyl sites for hydroxylation is 2. The zero-order valence-corrected chi connectivity index (χ0v) is 16.9. The number of carbonyl (C=O) groups is 3. The second kappa shape index (κ2) is 8.44. The molecule has 0 unspecified atom stereocenters. The van der Waals surface area contributed by atoms with Crippen molar-refractivity contribution in [1.82, 2.24) is 10.2 Å². The monoisotopic (exact) mass is 394 g/mol. The van der Waals surface area contributed by atoms with E-state index in [1.54, 1.807) is 12.1 Å². The molecule has 3 rings (SSSR count). The van der Waals surface area contributed by atoms with Crippen LogP contribution < -0.4 is 5.32 Å². The maximum Gasteiger partial charge on any atom is 0.293 e. The van der Waals surface area contributed by atoms with E-state index in [1.165, 1.54) is 4.90 Å². The van der Waals surface area contributed by atoms with Crippen LogP contribution in [0.3, 0.4) is 0 Å². The molecule has 28 heavy (non-hydrogen) atoms. The van der Waals surface area contributed by atoms with E-state index in [2.05, 4.69) is 5.32 Å². The van der Waals surface area contributed by atoms with Gasteiger partial charge in [0.2, 0.25) is 0 Å². The Bertz CT molecular complexity index is 964. The number of hydrogen-bond acceptors (Lipinski definition) is 4. The first-order valence-electron chi connectivity index (χ1n) is 9.03. The minimum absolute atomic E-state index is 0.145. The fourth-order valence-corrected chi connectivity index (χ4v) is 3.75. The average Bonchev–Trinajstić information content (AvgIpc) is 2.93. The van der Waals surface area contributed by atoms with Gasteiger partial charge in [0.05, 0.1) is 4.91 Å². The van der Waals surface area contributed by atoms with Gasteiger partial charge in [0.25, 0.3) is 17.1 Å². The molecular formula is C22H22N2O3S. The molecular weight excluding hydrogens is 372 g/mol. The molecule has 1 aliphatic heterocycles. The Kier molecular flexibility index (Phi) is 5.99. The van der Waals surface area contributed by atoms with Gasteiger partial charge in [-0.05, 0) is 61.4 Å². The summed E-state index contributed by atoms with van der Waals surface area (Å²) in [5.41, 5.74) is 4.57. The van der Waals surface area contributed by atoms with Crippen molar-refractivity contribution in [2.24, 2.45) is 0 Å². The molecule has 0 spiro atoms. The van der Waals surface area contributed by atoms with Gasteiger partial charge < -0.3 is 5.32 Å². The van der Waals surface area contributed by atoms with Crippen LogP contribution >= 0.6 is 11.8 Å². The van der Waals surface area contributed by atoms with Gasteiger partial charge in [0.15, 0.2) is 0 Å². The van der Waals surface area contributed by atoms with Gasteiger partial charge in [-0.3, -0.25) is 19.3 Å². The Labute approximate surface area is 168 Å². The molecule has 0 bridgehead atoms. The van der Waals surface area contributed by atoms with Gasteiger partial charge in [0.1, 0.15) is 0 Å². The number of rotatable bonds is 5. The fraction of sp³-hybridized carbons (Fsp3) is 0.227. The van der Waals surface area contributed by atoms with E-state index in [0.717, 1.165) is 34.0 Å². The van der Waals surface area contributed by atoms with Crippen LogP contribution in [0.1, 0.15) is 32.6 Å². The third kappa shape index (κ3) is 4.34.